The standard InChI is InChI=1S/C10H14N4O4S/c1-4-7(19-10(12)13-4)8(16)14-5(9(17)18)2-3-6(11)15/h5H,2-3H2,1H3,(H2,11,15)(H2,12,13)(H,14,16)(H,17,18)/t5-/m1/s1. The molecule has 0 aliphatic heterocycles. The molecule has 1 atom stereocenters. The van der Waals surface area contributed by atoms with E-state index >= 15 is 0 Å². The summed E-state index contributed by atoms with van der Waals surface area (Å²) in [6, 6.07) is -1.18. The van der Waals surface area contributed by atoms with Gasteiger partial charge in [0.1, 0.15) is 10.9 Å². The van der Waals surface area contributed by atoms with Crippen LogP contribution in [0.4, 0.5) is 5.13 Å². The summed E-state index contributed by atoms with van der Waals surface area (Å²) >= 11 is 0.971. The van der Waals surface area contributed by atoms with Crippen molar-refractivity contribution >= 4 is 34.3 Å². The van der Waals surface area contributed by atoms with Crippen LogP contribution in [0.1, 0.15) is 28.2 Å². The number of hydrogen-bond acceptors (Lipinski definition) is 6. The summed E-state index contributed by atoms with van der Waals surface area (Å²) in [5.74, 6) is -2.44. The average Bonchev–Trinajstić information content (AvgIpc) is 2.62. The number of carboxylic acid groups (broad SMARTS) is 1. The predicted octanol–water partition coefficient (Wildman–Crippen LogP) is -0.518. The van der Waals surface area contributed by atoms with Crippen molar-refractivity contribution in [1.29, 1.82) is 0 Å². The van der Waals surface area contributed by atoms with E-state index < -0.39 is 23.8 Å². The average molecular weight is 286 g/mol. The molecule has 8 nitrogen and oxygen atoms in total. The number of nitrogens with two attached hydrogens (primary N) is 2. The van der Waals surface area contributed by atoms with Gasteiger partial charge in [-0.2, -0.15) is 0 Å². The fourth-order valence-corrected chi connectivity index (χ4v) is 2.13. The number of aryl methyl sites for hydroxylation is 1. The molecule has 1 heterocycles. The molecule has 19 heavy (non-hydrogen) atoms. The van der Waals surface area contributed by atoms with E-state index in [1.54, 1.807) is 6.92 Å². The van der Waals surface area contributed by atoms with E-state index in [2.05, 4.69) is 10.3 Å². The van der Waals surface area contributed by atoms with Gasteiger partial charge < -0.3 is 21.9 Å². The van der Waals surface area contributed by atoms with Crippen molar-refractivity contribution in [3.05, 3.63) is 10.6 Å². The van der Waals surface area contributed by atoms with Crippen molar-refractivity contribution in [3.63, 3.8) is 0 Å². The van der Waals surface area contributed by atoms with Crippen LogP contribution in [0, 0.1) is 6.92 Å². The van der Waals surface area contributed by atoms with Gasteiger partial charge in [0, 0.05) is 6.42 Å². The highest BCUT2D eigenvalue weighted by Gasteiger charge is 2.23. The van der Waals surface area contributed by atoms with Gasteiger partial charge in [0.05, 0.1) is 5.69 Å². The molecule has 6 N–H and O–H groups in total. The van der Waals surface area contributed by atoms with Crippen LogP contribution in [0.5, 0.6) is 0 Å². The van der Waals surface area contributed by atoms with Crippen LogP contribution >= 0.6 is 11.3 Å². The number of amides is 2. The fraction of sp³-hybridized carbons (Fsp3) is 0.400. The highest BCUT2D eigenvalue weighted by atomic mass is 32.1. The van der Waals surface area contributed by atoms with Gasteiger partial charge in [0.2, 0.25) is 5.91 Å². The van der Waals surface area contributed by atoms with Crippen LogP contribution in [-0.2, 0) is 9.59 Å². The van der Waals surface area contributed by atoms with Crippen LogP contribution in [0.3, 0.4) is 0 Å². The third-order valence-electron chi connectivity index (χ3n) is 2.30. The Kier molecular flexibility index (Phi) is 4.81. The number of carbonyl (C=O) groups excluding carboxylic acids is 2. The molecule has 9 heteroatoms. The number of primary amides is 1. The Morgan fingerprint density at radius 2 is 2.11 bits per heavy atom. The van der Waals surface area contributed by atoms with Crippen LogP contribution in [-0.4, -0.2) is 33.9 Å². The fourth-order valence-electron chi connectivity index (χ4n) is 1.40. The van der Waals surface area contributed by atoms with Crippen molar-refractivity contribution in [3.8, 4) is 0 Å². The number of aliphatic carboxylic acids is 1. The number of anilines is 1. The molecular weight excluding hydrogens is 272 g/mol. The summed E-state index contributed by atoms with van der Waals surface area (Å²) in [7, 11) is 0. The lowest BCUT2D eigenvalue weighted by atomic mass is 10.1. The molecule has 0 aliphatic carbocycles. The Morgan fingerprint density at radius 1 is 1.47 bits per heavy atom. The first kappa shape index (κ1) is 14.9. The van der Waals surface area contributed by atoms with Crippen LogP contribution in [0.15, 0.2) is 0 Å². The van der Waals surface area contributed by atoms with Crippen LogP contribution in [0.2, 0.25) is 0 Å². The van der Waals surface area contributed by atoms with Gasteiger partial charge >= 0.3 is 5.97 Å². The first-order valence-corrected chi connectivity index (χ1v) is 6.17. The normalized spacial score (nSPS) is 11.8. The van der Waals surface area contributed by atoms with Gasteiger partial charge in [-0.15, -0.1) is 0 Å². The van der Waals surface area contributed by atoms with E-state index in [9.17, 15) is 14.4 Å². The summed E-state index contributed by atoms with van der Waals surface area (Å²) in [6.45, 7) is 1.60. The molecule has 1 aromatic heterocycles. The Balaban J connectivity index is 2.74. The summed E-state index contributed by atoms with van der Waals surface area (Å²) in [6.07, 6.45) is -0.190. The highest BCUT2D eigenvalue weighted by Crippen LogP contribution is 2.19. The minimum Gasteiger partial charge on any atom is -0.480 e. The molecule has 0 aliphatic rings. The number of rotatable bonds is 6. The monoisotopic (exact) mass is 286 g/mol. The lowest BCUT2D eigenvalue weighted by Gasteiger charge is -2.12. The number of nitrogens with zero attached hydrogens (tertiary/aromatic N) is 1. The Morgan fingerprint density at radius 3 is 2.53 bits per heavy atom. The summed E-state index contributed by atoms with van der Waals surface area (Å²) in [4.78, 5) is 37.6. The van der Waals surface area contributed by atoms with Crippen LogP contribution in [0.25, 0.3) is 0 Å². The molecule has 0 saturated heterocycles. The predicted molar refractivity (Wildman–Crippen MR) is 68.6 cm³/mol. The van der Waals surface area contributed by atoms with Gasteiger partial charge in [0.15, 0.2) is 5.13 Å². The van der Waals surface area contributed by atoms with Gasteiger partial charge in [-0.05, 0) is 13.3 Å². The second-order valence-corrected chi connectivity index (χ2v) is 4.87. The minimum absolute atomic E-state index is 0.0657. The Bertz CT molecular complexity index is 514. The second kappa shape index (κ2) is 6.14. The van der Waals surface area contributed by atoms with Gasteiger partial charge in [-0.1, -0.05) is 11.3 Å². The largest absolute Gasteiger partial charge is 0.480 e. The van der Waals surface area contributed by atoms with Crippen molar-refractivity contribution in [2.75, 3.05) is 5.73 Å². The number of nitrogen functional groups attached to an aromatic ring is 1. The number of thiazole rings is 1. The van der Waals surface area contributed by atoms with E-state index in [-0.39, 0.29) is 22.9 Å². The van der Waals surface area contributed by atoms with Crippen molar-refractivity contribution < 1.29 is 19.5 Å². The molecule has 0 saturated carbocycles. The zero-order valence-electron chi connectivity index (χ0n) is 10.2. The zero-order valence-corrected chi connectivity index (χ0v) is 11.0. The molecule has 0 fully saturated rings. The summed E-state index contributed by atoms with van der Waals surface area (Å²) < 4.78 is 0. The summed E-state index contributed by atoms with van der Waals surface area (Å²) in [5.41, 5.74) is 10.8. The molecule has 104 valence electrons. The molecule has 0 unspecified atom stereocenters. The quantitative estimate of drug-likeness (QED) is 0.553. The molecule has 1 aromatic rings. The Labute approximate surface area is 112 Å². The maximum Gasteiger partial charge on any atom is 0.326 e. The first-order valence-electron chi connectivity index (χ1n) is 5.36. The lowest BCUT2D eigenvalue weighted by molar-refractivity contribution is -0.139. The SMILES string of the molecule is Cc1nc(N)sc1C(=O)N[C@H](CCC(N)=O)C(=O)O. The van der Waals surface area contributed by atoms with Crippen molar-refractivity contribution in [1.82, 2.24) is 10.3 Å². The van der Waals surface area contributed by atoms with Crippen molar-refractivity contribution in [2.24, 2.45) is 5.73 Å². The molecule has 0 aromatic carbocycles. The van der Waals surface area contributed by atoms with E-state index in [4.69, 9.17) is 16.6 Å². The number of hydrogen-bond donors (Lipinski definition) is 4. The van der Waals surface area contributed by atoms with E-state index in [0.717, 1.165) is 11.3 Å². The number of carboxylic acids is 1. The Hall–Kier alpha value is -2.16. The third-order valence-corrected chi connectivity index (χ3v) is 3.29. The van der Waals surface area contributed by atoms with E-state index in [1.807, 2.05) is 0 Å². The number of aromatic nitrogens is 1. The summed E-state index contributed by atoms with van der Waals surface area (Å²) in [5, 5.41) is 11.5. The van der Waals surface area contributed by atoms with Crippen LogP contribution < -0.4 is 16.8 Å². The van der Waals surface area contributed by atoms with Gasteiger partial charge in [0.25, 0.3) is 5.91 Å². The number of nitrogens with one attached hydrogen (secondary N) is 1. The zero-order chi connectivity index (χ0) is 14.6. The molecule has 2 amide bonds. The number of carbonyl (C=O) groups is 3. The lowest BCUT2D eigenvalue weighted by Crippen LogP contribution is -2.41. The molecular formula is C10H14N4O4S. The highest BCUT2D eigenvalue weighted by molar-refractivity contribution is 7.17. The molecule has 0 radical (unpaired) electrons. The molecule has 0 bridgehead atoms. The maximum atomic E-state index is 11.9. The smallest absolute Gasteiger partial charge is 0.326 e. The second-order valence-electron chi connectivity index (χ2n) is 3.84. The topological polar surface area (TPSA) is 148 Å². The van der Waals surface area contributed by atoms with E-state index in [0.29, 0.717) is 5.69 Å². The van der Waals surface area contributed by atoms with Gasteiger partial charge in [-0.25, -0.2) is 9.78 Å². The van der Waals surface area contributed by atoms with E-state index in [1.165, 1.54) is 0 Å². The molecule has 0 spiro atoms. The maximum absolute atomic E-state index is 11.9. The minimum atomic E-state index is -1.23. The third kappa shape index (κ3) is 4.21. The molecule has 1 rings (SSSR count). The van der Waals surface area contributed by atoms with Gasteiger partial charge in [-0.3, -0.25) is 9.59 Å². The first-order chi connectivity index (χ1) is 8.81. The van der Waals surface area contributed by atoms with Crippen molar-refractivity contribution in [2.45, 2.75) is 25.8 Å².